The van der Waals surface area contributed by atoms with Gasteiger partial charge in [0.15, 0.2) is 5.76 Å². The number of Topliss-reactive ketones (excluding diaryl/α,β-unsaturated/α-hetero) is 1. The van der Waals surface area contributed by atoms with Gasteiger partial charge in [0.05, 0.1) is 20.1 Å². The smallest absolute Gasteiger partial charge is 0.306 e. The minimum Gasteiger partial charge on any atom is -0.496 e. The van der Waals surface area contributed by atoms with E-state index in [4.69, 9.17) is 14.2 Å². The Morgan fingerprint density at radius 3 is 2.77 bits per heavy atom. The maximum atomic E-state index is 12.6. The molecular weight excluding hydrogens is 288 g/mol. The summed E-state index contributed by atoms with van der Waals surface area (Å²) >= 11 is 0. The summed E-state index contributed by atoms with van der Waals surface area (Å²) in [6.45, 7) is 1.42. The summed E-state index contributed by atoms with van der Waals surface area (Å²) in [4.78, 5) is 24.0. The molecule has 2 heterocycles. The van der Waals surface area contributed by atoms with E-state index in [1.54, 1.807) is 18.2 Å². The monoisotopic (exact) mass is 304 g/mol. The molecule has 116 valence electrons. The number of benzene rings is 1. The van der Waals surface area contributed by atoms with E-state index in [0.717, 1.165) is 0 Å². The van der Waals surface area contributed by atoms with Gasteiger partial charge in [-0.2, -0.15) is 0 Å². The van der Waals surface area contributed by atoms with Crippen LogP contribution in [0.15, 0.2) is 29.5 Å². The second-order valence-corrected chi connectivity index (χ2v) is 5.37. The van der Waals surface area contributed by atoms with Crippen LogP contribution in [-0.4, -0.2) is 36.7 Å². The third kappa shape index (κ3) is 2.16. The number of rotatable bonds is 3. The molecule has 6 nitrogen and oxygen atoms in total. The quantitative estimate of drug-likeness (QED) is 0.672. The predicted octanol–water partition coefficient (Wildman–Crippen LogP) is 1.47. The van der Waals surface area contributed by atoms with Crippen molar-refractivity contribution in [3.8, 4) is 11.5 Å². The molecule has 0 spiro atoms. The second kappa shape index (κ2) is 5.46. The Morgan fingerprint density at radius 2 is 2.18 bits per heavy atom. The van der Waals surface area contributed by atoms with Gasteiger partial charge in [0, 0.05) is 11.5 Å². The Kier molecular flexibility index (Phi) is 3.62. The molecule has 1 aromatic carbocycles. The highest BCUT2D eigenvalue weighted by molar-refractivity contribution is 6.14. The number of hydrogen-bond acceptors (Lipinski definition) is 6. The molecule has 0 aromatic heterocycles. The summed E-state index contributed by atoms with van der Waals surface area (Å²) in [6, 6.07) is 5.03. The van der Waals surface area contributed by atoms with Crippen molar-refractivity contribution in [2.24, 2.45) is 5.92 Å². The van der Waals surface area contributed by atoms with Crippen molar-refractivity contribution in [2.75, 3.05) is 13.7 Å². The van der Waals surface area contributed by atoms with Gasteiger partial charge in [-0.25, -0.2) is 0 Å². The van der Waals surface area contributed by atoms with E-state index in [9.17, 15) is 14.7 Å². The van der Waals surface area contributed by atoms with Crippen LogP contribution in [0.2, 0.25) is 0 Å². The number of aliphatic hydroxyl groups excluding tert-OH is 1. The lowest BCUT2D eigenvalue weighted by atomic mass is 9.95. The molecule has 0 aliphatic carbocycles. The van der Waals surface area contributed by atoms with Gasteiger partial charge in [0.25, 0.3) is 0 Å². The Morgan fingerprint density at radius 1 is 1.41 bits per heavy atom. The summed E-state index contributed by atoms with van der Waals surface area (Å²) in [5, 5.41) is 9.66. The Labute approximate surface area is 127 Å². The van der Waals surface area contributed by atoms with Crippen LogP contribution in [0.3, 0.4) is 0 Å². The average Bonchev–Trinajstić information content (AvgIpc) is 3.01. The van der Waals surface area contributed by atoms with Crippen LogP contribution >= 0.6 is 0 Å². The lowest BCUT2D eigenvalue weighted by Crippen LogP contribution is -2.23. The first-order valence-corrected chi connectivity index (χ1v) is 6.99. The van der Waals surface area contributed by atoms with Crippen molar-refractivity contribution >= 4 is 11.8 Å². The number of cyclic esters (lactones) is 1. The first kappa shape index (κ1) is 14.6. The normalized spacial score (nSPS) is 25.6. The van der Waals surface area contributed by atoms with E-state index >= 15 is 0 Å². The van der Waals surface area contributed by atoms with Crippen molar-refractivity contribution in [1.29, 1.82) is 0 Å². The first-order chi connectivity index (χ1) is 10.6. The van der Waals surface area contributed by atoms with Gasteiger partial charge < -0.3 is 19.3 Å². The number of fused-ring (bicyclic) bond motifs is 1. The number of hydrogen-bond donors (Lipinski definition) is 1. The third-order valence-corrected chi connectivity index (χ3v) is 3.92. The van der Waals surface area contributed by atoms with Crippen molar-refractivity contribution in [1.82, 2.24) is 0 Å². The molecule has 3 rings (SSSR count). The zero-order chi connectivity index (χ0) is 15.9. The number of methoxy groups -OCH3 is 1. The number of aliphatic hydroxyl groups is 1. The molecule has 2 aliphatic heterocycles. The molecule has 1 aromatic rings. The van der Waals surface area contributed by atoms with Gasteiger partial charge in [-0.15, -0.1) is 0 Å². The highest BCUT2D eigenvalue weighted by Crippen LogP contribution is 2.40. The molecule has 1 saturated heterocycles. The van der Waals surface area contributed by atoms with Crippen LogP contribution in [0.25, 0.3) is 0 Å². The van der Waals surface area contributed by atoms with Crippen molar-refractivity contribution in [3.05, 3.63) is 35.1 Å². The Bertz CT molecular complexity index is 675. The number of ketones is 1. The molecule has 1 N–H and O–H groups in total. The molecule has 2 atom stereocenters. The summed E-state index contributed by atoms with van der Waals surface area (Å²) < 4.78 is 16.0. The van der Waals surface area contributed by atoms with Gasteiger partial charge in [-0.1, -0.05) is 13.0 Å². The van der Waals surface area contributed by atoms with Crippen LogP contribution in [0.1, 0.15) is 23.7 Å². The number of ether oxygens (including phenoxy) is 3. The molecule has 0 bridgehead atoms. The summed E-state index contributed by atoms with van der Waals surface area (Å²) in [7, 11) is 1.47. The van der Waals surface area contributed by atoms with Crippen molar-refractivity contribution in [2.45, 2.75) is 19.4 Å². The molecule has 1 fully saturated rings. The standard InChI is InChI=1S/C16H16O6/c1-8-6-12(18)22-15(8)9(7-17)16-14(19)13-10(20-2)4-3-5-11(13)21-16/h3-5,8,15,17H,6-7H2,1-2H3/b16-9-/t8-,15+/m0/s1. The summed E-state index contributed by atoms with van der Waals surface area (Å²) in [5.74, 6) is -0.0255. The number of allylic oxidation sites excluding steroid dienone is 1. The highest BCUT2D eigenvalue weighted by Gasteiger charge is 2.40. The molecule has 0 unspecified atom stereocenters. The maximum Gasteiger partial charge on any atom is 0.306 e. The maximum absolute atomic E-state index is 12.6. The van der Waals surface area contributed by atoms with E-state index < -0.39 is 12.7 Å². The summed E-state index contributed by atoms with van der Waals surface area (Å²) in [6.07, 6.45) is -0.386. The number of carbonyl (C=O) groups excluding carboxylic acids is 2. The van der Waals surface area contributed by atoms with Crippen molar-refractivity contribution < 1.29 is 28.9 Å². The first-order valence-electron chi connectivity index (χ1n) is 6.99. The lowest BCUT2D eigenvalue weighted by molar-refractivity contribution is -0.140. The van der Waals surface area contributed by atoms with Crippen LogP contribution < -0.4 is 9.47 Å². The highest BCUT2D eigenvalue weighted by atomic mass is 16.6. The lowest BCUT2D eigenvalue weighted by Gasteiger charge is -2.17. The van der Waals surface area contributed by atoms with Crippen LogP contribution in [-0.2, 0) is 9.53 Å². The van der Waals surface area contributed by atoms with Gasteiger partial charge >= 0.3 is 5.97 Å². The Hall–Kier alpha value is -2.34. The fourth-order valence-corrected chi connectivity index (χ4v) is 2.85. The van der Waals surface area contributed by atoms with Crippen LogP contribution in [0.5, 0.6) is 11.5 Å². The van der Waals surface area contributed by atoms with Crippen molar-refractivity contribution in [3.63, 3.8) is 0 Å². The van der Waals surface area contributed by atoms with Gasteiger partial charge in [-0.05, 0) is 12.1 Å². The topological polar surface area (TPSA) is 82.1 Å². The van der Waals surface area contributed by atoms with Crippen LogP contribution in [0, 0.1) is 5.92 Å². The minimum atomic E-state index is -0.642. The van der Waals surface area contributed by atoms with E-state index in [1.165, 1.54) is 7.11 Å². The zero-order valence-electron chi connectivity index (χ0n) is 12.3. The molecule has 0 amide bonds. The third-order valence-electron chi connectivity index (χ3n) is 3.92. The van der Waals surface area contributed by atoms with E-state index in [2.05, 4.69) is 0 Å². The SMILES string of the molecule is COc1cccc2c1C(=O)/C(=C(\CO)[C@@H]1OC(=O)C[C@@H]1C)O2. The molecule has 22 heavy (non-hydrogen) atoms. The largest absolute Gasteiger partial charge is 0.496 e. The predicted molar refractivity (Wildman–Crippen MR) is 75.7 cm³/mol. The summed E-state index contributed by atoms with van der Waals surface area (Å²) in [5.41, 5.74) is 0.615. The van der Waals surface area contributed by atoms with Gasteiger partial charge in [0.1, 0.15) is 23.2 Å². The fourth-order valence-electron chi connectivity index (χ4n) is 2.85. The molecule has 6 heteroatoms. The molecule has 0 saturated carbocycles. The zero-order valence-corrected chi connectivity index (χ0v) is 12.3. The second-order valence-electron chi connectivity index (χ2n) is 5.37. The van der Waals surface area contributed by atoms with E-state index in [1.807, 2.05) is 6.92 Å². The fraction of sp³-hybridized carbons (Fsp3) is 0.375. The Balaban J connectivity index is 2.05. The molecular formula is C16H16O6. The average molecular weight is 304 g/mol. The van der Waals surface area contributed by atoms with Gasteiger partial charge in [-0.3, -0.25) is 9.59 Å². The van der Waals surface area contributed by atoms with Crippen LogP contribution in [0.4, 0.5) is 0 Å². The molecule has 0 radical (unpaired) electrons. The number of carbonyl (C=O) groups is 2. The minimum absolute atomic E-state index is 0.0218. The number of esters is 1. The van der Waals surface area contributed by atoms with E-state index in [-0.39, 0.29) is 29.9 Å². The molecule has 2 aliphatic rings. The van der Waals surface area contributed by atoms with E-state index in [0.29, 0.717) is 22.6 Å². The van der Waals surface area contributed by atoms with Gasteiger partial charge in [0.2, 0.25) is 5.78 Å².